The average Bonchev–Trinajstić information content (AvgIpc) is 3.06. The third-order valence-corrected chi connectivity index (χ3v) is 4.82. The van der Waals surface area contributed by atoms with Gasteiger partial charge in [-0.3, -0.25) is 4.40 Å². The molecule has 0 amide bonds. The Morgan fingerprint density at radius 3 is 2.79 bits per heavy atom. The van der Waals surface area contributed by atoms with Crippen LogP contribution in [0.4, 0.5) is 0 Å². The van der Waals surface area contributed by atoms with Crippen LogP contribution in [0.15, 0.2) is 23.2 Å². The van der Waals surface area contributed by atoms with Crippen LogP contribution in [0, 0.1) is 6.92 Å². The molecule has 1 fully saturated rings. The Balaban J connectivity index is 2.21. The smallest absolute Gasteiger partial charge is 0.260 e. The highest BCUT2D eigenvalue weighted by Gasteiger charge is 2.31. The maximum absolute atomic E-state index is 12.4. The Bertz CT molecular complexity index is 730. The van der Waals surface area contributed by atoms with Gasteiger partial charge in [0.25, 0.3) is 10.0 Å². The van der Waals surface area contributed by atoms with Gasteiger partial charge in [-0.05, 0) is 31.9 Å². The molecule has 0 bridgehead atoms. The number of fused-ring (bicyclic) bond motifs is 1. The molecule has 0 aromatic carbocycles. The van der Waals surface area contributed by atoms with Gasteiger partial charge in [0.15, 0.2) is 5.03 Å². The van der Waals surface area contributed by atoms with E-state index in [2.05, 4.69) is 9.71 Å². The van der Waals surface area contributed by atoms with Crippen LogP contribution in [0.25, 0.3) is 5.52 Å². The largest absolute Gasteiger partial charge is 0.300 e. The van der Waals surface area contributed by atoms with E-state index in [0.29, 0.717) is 11.9 Å². The summed E-state index contributed by atoms with van der Waals surface area (Å²) < 4.78 is 29.3. The Labute approximate surface area is 112 Å². The van der Waals surface area contributed by atoms with Gasteiger partial charge in [0.05, 0.1) is 5.52 Å². The number of nitrogens with zero attached hydrogens (tertiary/aromatic N) is 2. The molecule has 0 atom stereocenters. The van der Waals surface area contributed by atoms with Crippen LogP contribution >= 0.6 is 0 Å². The minimum atomic E-state index is -3.51. The lowest BCUT2D eigenvalue weighted by Crippen LogP contribution is -2.26. The van der Waals surface area contributed by atoms with Crippen LogP contribution in [0.2, 0.25) is 0 Å². The summed E-state index contributed by atoms with van der Waals surface area (Å²) in [5.74, 6) is 0.782. The molecular weight excluding hydrogens is 262 g/mol. The van der Waals surface area contributed by atoms with Crippen LogP contribution in [0.3, 0.4) is 0 Å². The molecule has 2 aromatic heterocycles. The lowest BCUT2D eigenvalue weighted by molar-refractivity contribution is 0.578. The van der Waals surface area contributed by atoms with Crippen LogP contribution in [0.1, 0.15) is 31.3 Å². The SMILES string of the molecule is CCc1nc(S(=O)(=O)NC2CC2)c2cccc(C)n12. The van der Waals surface area contributed by atoms with E-state index in [1.807, 2.05) is 30.4 Å². The summed E-state index contributed by atoms with van der Waals surface area (Å²) in [6, 6.07) is 5.72. The van der Waals surface area contributed by atoms with Crippen molar-refractivity contribution in [1.29, 1.82) is 0 Å². The first kappa shape index (κ1) is 12.6. The zero-order valence-corrected chi connectivity index (χ0v) is 11.9. The van der Waals surface area contributed by atoms with E-state index in [9.17, 15) is 8.42 Å². The van der Waals surface area contributed by atoms with Crippen molar-refractivity contribution in [2.75, 3.05) is 0 Å². The number of nitrogens with one attached hydrogen (secondary N) is 1. The number of rotatable bonds is 4. The molecule has 0 unspecified atom stereocenters. The van der Waals surface area contributed by atoms with E-state index in [1.165, 1.54) is 0 Å². The topological polar surface area (TPSA) is 63.5 Å². The highest BCUT2D eigenvalue weighted by atomic mass is 32.2. The van der Waals surface area contributed by atoms with Crippen LogP contribution in [0.5, 0.6) is 0 Å². The van der Waals surface area contributed by atoms with Gasteiger partial charge in [-0.15, -0.1) is 0 Å². The number of hydrogen-bond acceptors (Lipinski definition) is 3. The molecule has 3 rings (SSSR count). The van der Waals surface area contributed by atoms with Gasteiger partial charge in [-0.1, -0.05) is 13.0 Å². The van der Waals surface area contributed by atoms with E-state index in [1.54, 1.807) is 6.07 Å². The number of pyridine rings is 1. The summed E-state index contributed by atoms with van der Waals surface area (Å²) >= 11 is 0. The predicted molar refractivity (Wildman–Crippen MR) is 72.7 cm³/mol. The highest BCUT2D eigenvalue weighted by molar-refractivity contribution is 7.89. The molecular formula is C13H17N3O2S. The van der Waals surface area contributed by atoms with Crippen molar-refractivity contribution in [2.45, 2.75) is 44.2 Å². The van der Waals surface area contributed by atoms with Gasteiger partial charge in [0.1, 0.15) is 5.82 Å². The van der Waals surface area contributed by atoms with Gasteiger partial charge >= 0.3 is 0 Å². The van der Waals surface area contributed by atoms with E-state index >= 15 is 0 Å². The third kappa shape index (κ3) is 2.15. The molecule has 0 aliphatic heterocycles. The van der Waals surface area contributed by atoms with Crippen molar-refractivity contribution < 1.29 is 8.42 Å². The molecule has 0 spiro atoms. The second-order valence-electron chi connectivity index (χ2n) is 4.97. The Hall–Kier alpha value is -1.40. The molecule has 5 nitrogen and oxygen atoms in total. The Morgan fingerprint density at radius 1 is 1.42 bits per heavy atom. The predicted octanol–water partition coefficient (Wildman–Crippen LogP) is 1.65. The normalized spacial score (nSPS) is 16.1. The fraction of sp³-hybridized carbons (Fsp3) is 0.462. The van der Waals surface area contributed by atoms with Gasteiger partial charge in [0, 0.05) is 18.2 Å². The summed E-state index contributed by atoms with van der Waals surface area (Å²) in [5, 5.41) is 0.153. The third-order valence-electron chi connectivity index (χ3n) is 3.36. The molecule has 6 heteroatoms. The number of imidazole rings is 1. The monoisotopic (exact) mass is 279 g/mol. The van der Waals surface area contributed by atoms with E-state index in [0.717, 1.165) is 24.4 Å². The Morgan fingerprint density at radius 2 is 2.16 bits per heavy atom. The molecule has 2 aromatic rings. The lowest BCUT2D eigenvalue weighted by Gasteiger charge is -2.04. The van der Waals surface area contributed by atoms with Gasteiger partial charge in [-0.2, -0.15) is 0 Å². The molecule has 0 saturated heterocycles. The molecule has 1 aliphatic rings. The first-order chi connectivity index (χ1) is 9.03. The van der Waals surface area contributed by atoms with Crippen LogP contribution < -0.4 is 4.72 Å². The number of hydrogen-bond donors (Lipinski definition) is 1. The standard InChI is InChI=1S/C13H17N3O2S/c1-3-12-14-13(19(17,18)15-10-7-8-10)11-6-4-5-9(2)16(11)12/h4-6,10,15H,3,7-8H2,1-2H3. The van der Waals surface area contributed by atoms with E-state index in [4.69, 9.17) is 0 Å². The van der Waals surface area contributed by atoms with Crippen LogP contribution in [-0.2, 0) is 16.4 Å². The second-order valence-corrected chi connectivity index (χ2v) is 6.60. The Kier molecular flexibility index (Phi) is 2.87. The second kappa shape index (κ2) is 4.31. The maximum Gasteiger partial charge on any atom is 0.260 e. The lowest BCUT2D eigenvalue weighted by atomic mass is 10.3. The quantitative estimate of drug-likeness (QED) is 0.925. The van der Waals surface area contributed by atoms with Crippen LogP contribution in [-0.4, -0.2) is 23.8 Å². The van der Waals surface area contributed by atoms with E-state index in [-0.39, 0.29) is 11.1 Å². The first-order valence-electron chi connectivity index (χ1n) is 6.52. The van der Waals surface area contributed by atoms with Crippen molar-refractivity contribution in [3.63, 3.8) is 0 Å². The minimum Gasteiger partial charge on any atom is -0.300 e. The van der Waals surface area contributed by atoms with Gasteiger partial charge in [-0.25, -0.2) is 18.1 Å². The minimum absolute atomic E-state index is 0.0941. The van der Waals surface area contributed by atoms with Crippen molar-refractivity contribution in [3.05, 3.63) is 29.7 Å². The molecule has 0 radical (unpaired) electrons. The summed E-state index contributed by atoms with van der Waals surface area (Å²) in [7, 11) is -3.51. The summed E-state index contributed by atoms with van der Waals surface area (Å²) in [6.45, 7) is 3.94. The van der Waals surface area contributed by atoms with Crippen molar-refractivity contribution >= 4 is 15.5 Å². The maximum atomic E-state index is 12.4. The molecule has 1 saturated carbocycles. The first-order valence-corrected chi connectivity index (χ1v) is 8.00. The highest BCUT2D eigenvalue weighted by Crippen LogP contribution is 2.25. The van der Waals surface area contributed by atoms with Crippen molar-refractivity contribution in [3.8, 4) is 0 Å². The van der Waals surface area contributed by atoms with Gasteiger partial charge in [0.2, 0.25) is 0 Å². The number of aryl methyl sites for hydroxylation is 2. The van der Waals surface area contributed by atoms with Gasteiger partial charge < -0.3 is 0 Å². The zero-order chi connectivity index (χ0) is 13.6. The number of sulfonamides is 1. The fourth-order valence-corrected chi connectivity index (χ4v) is 3.71. The van der Waals surface area contributed by atoms with E-state index < -0.39 is 10.0 Å². The number of aromatic nitrogens is 2. The summed E-state index contributed by atoms with van der Waals surface area (Å²) in [6.07, 6.45) is 2.54. The molecule has 1 aliphatic carbocycles. The molecule has 102 valence electrons. The summed E-state index contributed by atoms with van der Waals surface area (Å²) in [5.41, 5.74) is 1.65. The van der Waals surface area contributed by atoms with Crippen molar-refractivity contribution in [2.24, 2.45) is 0 Å². The summed E-state index contributed by atoms with van der Waals surface area (Å²) in [4.78, 5) is 4.33. The van der Waals surface area contributed by atoms with Crippen molar-refractivity contribution in [1.82, 2.24) is 14.1 Å². The fourth-order valence-electron chi connectivity index (χ4n) is 2.26. The molecule has 19 heavy (non-hydrogen) atoms. The molecule has 2 heterocycles. The molecule has 1 N–H and O–H groups in total. The average molecular weight is 279 g/mol. The zero-order valence-electron chi connectivity index (χ0n) is 11.0.